The molecule has 1 aromatic carbocycles. The topological polar surface area (TPSA) is 92.9 Å². The number of rotatable bonds is 2. The van der Waals surface area contributed by atoms with E-state index in [-0.39, 0.29) is 17.2 Å². The average molecular weight is 279 g/mol. The van der Waals surface area contributed by atoms with E-state index in [0.29, 0.717) is 0 Å². The summed E-state index contributed by atoms with van der Waals surface area (Å²) in [4.78, 5) is 11.0. The minimum absolute atomic E-state index is 0.0403. The number of hydrogen-bond donors (Lipinski definition) is 2. The molecule has 0 spiro atoms. The van der Waals surface area contributed by atoms with Crippen LogP contribution in [0.2, 0.25) is 0 Å². The molecule has 102 valence electrons. The molecule has 2 aromatic rings. The fourth-order valence-corrected chi connectivity index (χ4v) is 1.94. The van der Waals surface area contributed by atoms with Crippen molar-refractivity contribution in [1.29, 1.82) is 0 Å². The Morgan fingerprint density at radius 1 is 1.40 bits per heavy atom. The molecule has 9 heteroatoms. The van der Waals surface area contributed by atoms with Gasteiger partial charge in [0.1, 0.15) is 23.4 Å². The number of carboxylic acid groups (broad SMARTS) is 1. The molecular formula is C11H7F2N5O2. The number of fused-ring (bicyclic) bond motifs is 1. The molecule has 0 saturated carbocycles. The van der Waals surface area contributed by atoms with Gasteiger partial charge in [0.05, 0.1) is 0 Å². The third-order valence-corrected chi connectivity index (χ3v) is 2.83. The van der Waals surface area contributed by atoms with Crippen LogP contribution in [0.3, 0.4) is 0 Å². The monoisotopic (exact) mass is 279 g/mol. The van der Waals surface area contributed by atoms with E-state index in [4.69, 9.17) is 5.11 Å². The van der Waals surface area contributed by atoms with Crippen LogP contribution in [-0.2, 0) is 4.79 Å². The van der Waals surface area contributed by atoms with Gasteiger partial charge in [-0.3, -0.25) is 0 Å². The lowest BCUT2D eigenvalue weighted by atomic mass is 10.0. The van der Waals surface area contributed by atoms with Crippen molar-refractivity contribution >= 4 is 11.9 Å². The van der Waals surface area contributed by atoms with Crippen molar-refractivity contribution < 1.29 is 18.7 Å². The van der Waals surface area contributed by atoms with Crippen LogP contribution in [-0.4, -0.2) is 31.3 Å². The molecule has 1 aliphatic rings. The first kappa shape index (κ1) is 12.2. The van der Waals surface area contributed by atoms with Crippen LogP contribution in [0.15, 0.2) is 30.0 Å². The lowest BCUT2D eigenvalue weighted by Gasteiger charge is -2.21. The van der Waals surface area contributed by atoms with Gasteiger partial charge in [-0.05, 0) is 34.7 Å². The summed E-state index contributed by atoms with van der Waals surface area (Å²) in [6.07, 6.45) is 1.21. The van der Waals surface area contributed by atoms with E-state index in [0.717, 1.165) is 18.2 Å². The second-order valence-corrected chi connectivity index (χ2v) is 4.07. The number of aliphatic carboxylic acids is 1. The van der Waals surface area contributed by atoms with Crippen molar-refractivity contribution in [3.05, 3.63) is 47.2 Å². The standard InChI is InChI=1S/C11H7F2N5O2/c12-5-1-2-7(13)6(3-5)9-4-8(10(19)20)14-11-15-16-17-18(9)11/h1-4,9H,(H,19,20)(H,14,15,17). The van der Waals surface area contributed by atoms with Gasteiger partial charge in [-0.1, -0.05) is 5.10 Å². The number of hydrogen-bond acceptors (Lipinski definition) is 5. The zero-order valence-corrected chi connectivity index (χ0v) is 9.79. The Morgan fingerprint density at radius 3 is 2.95 bits per heavy atom. The van der Waals surface area contributed by atoms with Gasteiger partial charge in [0.15, 0.2) is 0 Å². The van der Waals surface area contributed by atoms with Gasteiger partial charge in [0.2, 0.25) is 5.95 Å². The quantitative estimate of drug-likeness (QED) is 0.849. The number of anilines is 1. The lowest BCUT2D eigenvalue weighted by Crippen LogP contribution is -2.25. The highest BCUT2D eigenvalue weighted by Gasteiger charge is 2.28. The molecule has 2 N–H and O–H groups in total. The molecule has 1 aliphatic heterocycles. The zero-order valence-electron chi connectivity index (χ0n) is 9.79. The Kier molecular flexibility index (Phi) is 2.67. The number of carboxylic acids is 1. The number of tetrazole rings is 1. The molecule has 7 nitrogen and oxygen atoms in total. The number of benzene rings is 1. The molecule has 2 heterocycles. The molecule has 0 saturated heterocycles. The van der Waals surface area contributed by atoms with Crippen LogP contribution >= 0.6 is 0 Å². The molecule has 0 radical (unpaired) electrons. The van der Waals surface area contributed by atoms with E-state index in [1.54, 1.807) is 0 Å². The fraction of sp³-hybridized carbons (Fsp3) is 0.0909. The number of nitrogens with zero attached hydrogens (tertiary/aromatic N) is 4. The van der Waals surface area contributed by atoms with Gasteiger partial charge in [0.25, 0.3) is 0 Å². The highest BCUT2D eigenvalue weighted by Crippen LogP contribution is 2.29. The number of nitrogens with one attached hydrogen (secondary N) is 1. The maximum atomic E-state index is 13.8. The first-order valence-corrected chi connectivity index (χ1v) is 5.51. The first-order valence-electron chi connectivity index (χ1n) is 5.51. The maximum Gasteiger partial charge on any atom is 0.352 e. The minimum atomic E-state index is -1.25. The van der Waals surface area contributed by atoms with Crippen LogP contribution in [0.4, 0.5) is 14.7 Å². The Balaban J connectivity index is 2.17. The molecule has 20 heavy (non-hydrogen) atoms. The number of carbonyl (C=O) groups is 1. The number of aromatic nitrogens is 4. The molecule has 0 bridgehead atoms. The second-order valence-electron chi connectivity index (χ2n) is 4.07. The molecule has 1 unspecified atom stereocenters. The van der Waals surface area contributed by atoms with Crippen LogP contribution < -0.4 is 5.32 Å². The summed E-state index contributed by atoms with van der Waals surface area (Å²) >= 11 is 0. The van der Waals surface area contributed by atoms with Gasteiger partial charge in [-0.25, -0.2) is 13.6 Å². The summed E-state index contributed by atoms with van der Waals surface area (Å²) in [5.41, 5.74) is -0.264. The number of allylic oxidation sites excluding steroid dienone is 1. The molecule has 0 aliphatic carbocycles. The molecular weight excluding hydrogens is 272 g/mol. The first-order chi connectivity index (χ1) is 9.56. The van der Waals surface area contributed by atoms with Crippen molar-refractivity contribution in [2.24, 2.45) is 0 Å². The molecule has 1 aromatic heterocycles. The van der Waals surface area contributed by atoms with E-state index in [1.807, 2.05) is 0 Å². The lowest BCUT2D eigenvalue weighted by molar-refractivity contribution is -0.132. The summed E-state index contributed by atoms with van der Waals surface area (Å²) in [5.74, 6) is -2.53. The summed E-state index contributed by atoms with van der Waals surface area (Å²) in [7, 11) is 0. The summed E-state index contributed by atoms with van der Waals surface area (Å²) in [6.45, 7) is 0. The van der Waals surface area contributed by atoms with Crippen LogP contribution in [0.5, 0.6) is 0 Å². The molecule has 0 fully saturated rings. The Labute approximate surface area is 110 Å². The van der Waals surface area contributed by atoms with Crippen LogP contribution in [0.25, 0.3) is 0 Å². The van der Waals surface area contributed by atoms with E-state index in [1.165, 1.54) is 10.8 Å². The normalized spacial score (nSPS) is 17.1. The number of halogens is 2. The van der Waals surface area contributed by atoms with Crippen LogP contribution in [0, 0.1) is 11.6 Å². The van der Waals surface area contributed by atoms with Gasteiger partial charge in [-0.2, -0.15) is 4.68 Å². The van der Waals surface area contributed by atoms with E-state index >= 15 is 0 Å². The highest BCUT2D eigenvalue weighted by atomic mass is 19.1. The Hall–Kier alpha value is -2.84. The second kappa shape index (κ2) is 4.37. The van der Waals surface area contributed by atoms with Crippen molar-refractivity contribution in [3.8, 4) is 0 Å². The summed E-state index contributed by atoms with van der Waals surface area (Å²) in [6, 6.07) is 1.98. The van der Waals surface area contributed by atoms with Crippen molar-refractivity contribution in [1.82, 2.24) is 20.2 Å². The minimum Gasteiger partial charge on any atom is -0.477 e. The smallest absolute Gasteiger partial charge is 0.352 e. The molecule has 0 amide bonds. The Bertz CT molecular complexity index is 727. The van der Waals surface area contributed by atoms with Crippen molar-refractivity contribution in [2.75, 3.05) is 5.32 Å². The van der Waals surface area contributed by atoms with Gasteiger partial charge < -0.3 is 10.4 Å². The molecule has 1 atom stereocenters. The molecule has 3 rings (SSSR count). The average Bonchev–Trinajstić information content (AvgIpc) is 2.88. The van der Waals surface area contributed by atoms with Gasteiger partial charge >= 0.3 is 5.97 Å². The largest absolute Gasteiger partial charge is 0.477 e. The van der Waals surface area contributed by atoms with Crippen molar-refractivity contribution in [3.63, 3.8) is 0 Å². The zero-order chi connectivity index (χ0) is 14.3. The Morgan fingerprint density at radius 2 is 2.20 bits per heavy atom. The SMILES string of the molecule is O=C(O)C1=CC(c2cc(F)ccc2F)n2nnnc2N1. The van der Waals surface area contributed by atoms with E-state index in [9.17, 15) is 13.6 Å². The maximum absolute atomic E-state index is 13.8. The van der Waals surface area contributed by atoms with Crippen molar-refractivity contribution in [2.45, 2.75) is 6.04 Å². The predicted molar refractivity (Wildman–Crippen MR) is 61.7 cm³/mol. The summed E-state index contributed by atoms with van der Waals surface area (Å²) in [5, 5.41) is 22.1. The predicted octanol–water partition coefficient (Wildman–Crippen LogP) is 0.935. The highest BCUT2D eigenvalue weighted by molar-refractivity contribution is 5.90. The van der Waals surface area contributed by atoms with E-state index in [2.05, 4.69) is 20.8 Å². The third kappa shape index (κ3) is 1.88. The van der Waals surface area contributed by atoms with Gasteiger partial charge in [-0.15, -0.1) is 0 Å². The summed E-state index contributed by atoms with van der Waals surface area (Å²) < 4.78 is 28.3. The van der Waals surface area contributed by atoms with Gasteiger partial charge in [0, 0.05) is 5.56 Å². The van der Waals surface area contributed by atoms with Crippen LogP contribution in [0.1, 0.15) is 11.6 Å². The third-order valence-electron chi connectivity index (χ3n) is 2.83. The van der Waals surface area contributed by atoms with E-state index < -0.39 is 23.6 Å². The fourth-order valence-electron chi connectivity index (χ4n) is 1.94.